The van der Waals surface area contributed by atoms with E-state index in [1.54, 1.807) is 17.6 Å². The summed E-state index contributed by atoms with van der Waals surface area (Å²) in [7, 11) is 0. The Balaban J connectivity index is 1.42. The molecule has 0 bridgehead atoms. The van der Waals surface area contributed by atoms with Crippen LogP contribution in [0.4, 0.5) is 0 Å². The molecule has 1 heterocycles. The molecule has 0 radical (unpaired) electrons. The zero-order chi connectivity index (χ0) is 25.2. The number of ether oxygens (including phenoxy) is 3. The van der Waals surface area contributed by atoms with Gasteiger partial charge in [-0.2, -0.15) is 0 Å². The Labute approximate surface area is 210 Å². The lowest BCUT2D eigenvalue weighted by Crippen LogP contribution is -2.19. The first-order valence-corrected chi connectivity index (χ1v) is 12.0. The van der Waals surface area contributed by atoms with Crippen LogP contribution in [-0.2, 0) is 22.5 Å². The fourth-order valence-corrected chi connectivity index (χ4v) is 3.86. The number of carbonyl (C=O) groups is 1. The third-order valence-electron chi connectivity index (χ3n) is 5.58. The summed E-state index contributed by atoms with van der Waals surface area (Å²) in [6, 6.07) is 28.5. The Morgan fingerprint density at radius 2 is 1.64 bits per heavy atom. The van der Waals surface area contributed by atoms with Gasteiger partial charge in [0.2, 0.25) is 0 Å². The molecule has 0 saturated heterocycles. The second-order valence-corrected chi connectivity index (χ2v) is 8.21. The maximum absolute atomic E-state index is 12.5. The highest BCUT2D eigenvalue weighted by molar-refractivity contribution is 5.71. The maximum Gasteiger partial charge on any atom is 0.344 e. The molecule has 0 fully saturated rings. The van der Waals surface area contributed by atoms with E-state index in [9.17, 15) is 9.59 Å². The van der Waals surface area contributed by atoms with Crippen LogP contribution in [0.5, 0.6) is 17.2 Å². The molecule has 0 unspecified atom stereocenters. The minimum absolute atomic E-state index is 0.0493. The normalized spacial score (nSPS) is 10.6. The van der Waals surface area contributed by atoms with Crippen LogP contribution in [-0.4, -0.2) is 23.8 Å². The van der Waals surface area contributed by atoms with Gasteiger partial charge < -0.3 is 18.8 Å². The number of pyridine rings is 1. The number of nitrogens with zero attached hydrogens (tertiary/aromatic N) is 1. The first-order valence-electron chi connectivity index (χ1n) is 12.0. The van der Waals surface area contributed by atoms with E-state index < -0.39 is 5.97 Å². The maximum atomic E-state index is 12.5. The zero-order valence-corrected chi connectivity index (χ0v) is 20.3. The van der Waals surface area contributed by atoms with Crippen molar-refractivity contribution in [3.05, 3.63) is 113 Å². The topological polar surface area (TPSA) is 66.8 Å². The van der Waals surface area contributed by atoms with Crippen LogP contribution in [0.2, 0.25) is 0 Å². The van der Waals surface area contributed by atoms with Crippen molar-refractivity contribution in [3.63, 3.8) is 0 Å². The monoisotopic (exact) mass is 483 g/mol. The van der Waals surface area contributed by atoms with Gasteiger partial charge in [0.05, 0.1) is 6.61 Å². The van der Waals surface area contributed by atoms with E-state index in [-0.39, 0.29) is 12.2 Å². The number of rotatable bonds is 11. The third kappa shape index (κ3) is 6.85. The Morgan fingerprint density at radius 1 is 0.861 bits per heavy atom. The summed E-state index contributed by atoms with van der Waals surface area (Å²) in [5, 5.41) is 0. The zero-order valence-electron chi connectivity index (χ0n) is 20.3. The SMILES string of the molecule is CCOC(=O)COc1cccc(CCCn2cc(-c3ccccc3Oc3ccccc3)ccc2=O)c1. The van der Waals surface area contributed by atoms with Crippen molar-refractivity contribution in [3.8, 4) is 28.4 Å². The Kier molecular flexibility index (Phi) is 8.54. The van der Waals surface area contributed by atoms with Gasteiger partial charge in [-0.1, -0.05) is 48.5 Å². The number of para-hydroxylation sites is 2. The molecule has 0 N–H and O–H groups in total. The smallest absolute Gasteiger partial charge is 0.344 e. The van der Waals surface area contributed by atoms with Crippen molar-refractivity contribution in [1.29, 1.82) is 0 Å². The molecule has 4 aromatic rings. The van der Waals surface area contributed by atoms with E-state index in [0.717, 1.165) is 41.0 Å². The predicted octanol–water partition coefficient (Wildman–Crippen LogP) is 5.88. The molecule has 3 aromatic carbocycles. The first kappa shape index (κ1) is 24.8. The Bertz CT molecular complexity index is 1350. The summed E-state index contributed by atoms with van der Waals surface area (Å²) in [6.07, 6.45) is 3.42. The molecule has 0 aliphatic rings. The van der Waals surface area contributed by atoms with Gasteiger partial charge in [-0.3, -0.25) is 4.79 Å². The van der Waals surface area contributed by atoms with E-state index in [1.165, 1.54) is 0 Å². The van der Waals surface area contributed by atoms with Gasteiger partial charge in [0.25, 0.3) is 5.56 Å². The molecule has 0 atom stereocenters. The van der Waals surface area contributed by atoms with Gasteiger partial charge in [0.15, 0.2) is 6.61 Å². The van der Waals surface area contributed by atoms with E-state index in [1.807, 2.05) is 91.1 Å². The van der Waals surface area contributed by atoms with E-state index in [0.29, 0.717) is 18.9 Å². The first-order chi connectivity index (χ1) is 17.6. The molecule has 4 rings (SSSR count). The van der Waals surface area contributed by atoms with Crippen molar-refractivity contribution in [2.24, 2.45) is 0 Å². The van der Waals surface area contributed by atoms with Gasteiger partial charge in [-0.05, 0) is 61.7 Å². The van der Waals surface area contributed by atoms with Gasteiger partial charge in [-0.15, -0.1) is 0 Å². The van der Waals surface area contributed by atoms with Crippen LogP contribution in [0, 0.1) is 0 Å². The van der Waals surface area contributed by atoms with Crippen LogP contribution in [0.25, 0.3) is 11.1 Å². The van der Waals surface area contributed by atoms with E-state index in [4.69, 9.17) is 14.2 Å². The van der Waals surface area contributed by atoms with Gasteiger partial charge in [0, 0.05) is 29.9 Å². The lowest BCUT2D eigenvalue weighted by molar-refractivity contribution is -0.145. The fourth-order valence-electron chi connectivity index (χ4n) is 3.86. The van der Waals surface area contributed by atoms with Crippen molar-refractivity contribution >= 4 is 5.97 Å². The van der Waals surface area contributed by atoms with E-state index >= 15 is 0 Å². The predicted molar refractivity (Wildman–Crippen MR) is 140 cm³/mol. The lowest BCUT2D eigenvalue weighted by Gasteiger charge is -2.13. The molecule has 0 saturated carbocycles. The summed E-state index contributed by atoms with van der Waals surface area (Å²) in [5.74, 6) is 1.72. The highest BCUT2D eigenvalue weighted by atomic mass is 16.6. The summed E-state index contributed by atoms with van der Waals surface area (Å²) in [6.45, 7) is 2.54. The van der Waals surface area contributed by atoms with Crippen LogP contribution in [0.1, 0.15) is 18.9 Å². The molecule has 0 spiro atoms. The molecule has 36 heavy (non-hydrogen) atoms. The summed E-state index contributed by atoms with van der Waals surface area (Å²) >= 11 is 0. The van der Waals surface area contributed by atoms with Crippen molar-refractivity contribution in [1.82, 2.24) is 4.57 Å². The number of aryl methyl sites for hydroxylation is 2. The Morgan fingerprint density at radius 3 is 2.47 bits per heavy atom. The number of hydrogen-bond acceptors (Lipinski definition) is 5. The molecule has 184 valence electrons. The molecular formula is C30H29NO5. The number of esters is 1. The average Bonchev–Trinajstić information content (AvgIpc) is 2.90. The highest BCUT2D eigenvalue weighted by Gasteiger charge is 2.09. The van der Waals surface area contributed by atoms with Gasteiger partial charge >= 0.3 is 5.97 Å². The number of aromatic nitrogens is 1. The van der Waals surface area contributed by atoms with Crippen LogP contribution < -0.4 is 15.0 Å². The molecule has 6 heteroatoms. The van der Waals surface area contributed by atoms with Crippen molar-refractivity contribution in [2.45, 2.75) is 26.3 Å². The van der Waals surface area contributed by atoms with Crippen LogP contribution in [0.3, 0.4) is 0 Å². The second-order valence-electron chi connectivity index (χ2n) is 8.21. The summed E-state index contributed by atoms with van der Waals surface area (Å²) in [5.41, 5.74) is 2.85. The molecular weight excluding hydrogens is 454 g/mol. The molecule has 6 nitrogen and oxygen atoms in total. The average molecular weight is 484 g/mol. The summed E-state index contributed by atoms with van der Waals surface area (Å²) < 4.78 is 18.3. The van der Waals surface area contributed by atoms with Gasteiger partial charge in [-0.25, -0.2) is 4.79 Å². The quantitative estimate of drug-likeness (QED) is 0.249. The largest absolute Gasteiger partial charge is 0.482 e. The van der Waals surface area contributed by atoms with Crippen LogP contribution in [0.15, 0.2) is 102 Å². The number of hydrogen-bond donors (Lipinski definition) is 0. The molecule has 1 aromatic heterocycles. The standard InChI is InChI=1S/C30H29NO5/c1-2-34-30(33)22-35-26-14-8-10-23(20-26)11-9-19-31-21-24(17-18-29(31)32)27-15-6-7-16-28(27)36-25-12-4-3-5-13-25/h3-8,10,12-18,20-21H,2,9,11,19,22H2,1H3. The lowest BCUT2D eigenvalue weighted by atomic mass is 10.1. The fraction of sp³-hybridized carbons (Fsp3) is 0.200. The Hall–Kier alpha value is -4.32. The molecule has 0 amide bonds. The highest BCUT2D eigenvalue weighted by Crippen LogP contribution is 2.32. The second kappa shape index (κ2) is 12.4. The van der Waals surface area contributed by atoms with Crippen molar-refractivity contribution < 1.29 is 19.0 Å². The van der Waals surface area contributed by atoms with E-state index in [2.05, 4.69) is 0 Å². The van der Waals surface area contributed by atoms with Gasteiger partial charge in [0.1, 0.15) is 17.2 Å². The number of carbonyl (C=O) groups excluding carboxylic acids is 1. The number of benzene rings is 3. The minimum Gasteiger partial charge on any atom is -0.482 e. The molecule has 0 aliphatic heterocycles. The molecule has 0 aliphatic carbocycles. The summed E-state index contributed by atoms with van der Waals surface area (Å²) in [4.78, 5) is 24.1. The third-order valence-corrected chi connectivity index (χ3v) is 5.58. The van der Waals surface area contributed by atoms with Crippen molar-refractivity contribution in [2.75, 3.05) is 13.2 Å². The van der Waals surface area contributed by atoms with Crippen LogP contribution >= 0.6 is 0 Å². The minimum atomic E-state index is -0.391.